The van der Waals surface area contributed by atoms with Crippen molar-refractivity contribution >= 4 is 16.1 Å². The lowest BCUT2D eigenvalue weighted by atomic mass is 9.78. The molecule has 3 unspecified atom stereocenters. The number of hydrogen-bond donors (Lipinski definition) is 2. The Hall–Kier alpha value is -1.43. The minimum atomic E-state index is -6.49. The average molecular weight is 382 g/mol. The van der Waals surface area contributed by atoms with Crippen LogP contribution in [0.4, 0.5) is 22.0 Å². The van der Waals surface area contributed by atoms with Crippen LogP contribution in [-0.4, -0.2) is 41.6 Å². The number of carbonyl (C=O) groups is 1. The van der Waals surface area contributed by atoms with E-state index in [-0.39, 0.29) is 12.8 Å². The fourth-order valence-corrected chi connectivity index (χ4v) is 2.93. The van der Waals surface area contributed by atoms with Crippen LogP contribution in [0.15, 0.2) is 12.3 Å². The van der Waals surface area contributed by atoms with Crippen molar-refractivity contribution in [1.29, 1.82) is 0 Å². The fraction of sp³-hybridized carbons (Fsp3) is 0.750. The van der Waals surface area contributed by atoms with Crippen molar-refractivity contribution < 1.29 is 49.6 Å². The standard InChI is InChI=1S/C12H15F5O6S/c1-6(18)7-4-2-3-5-8(7)9(19)23-10(11(13,14)15)12(16,17)24(20,21)22/h7-8,10,18H,1-5H2,(H,20,21,22). The van der Waals surface area contributed by atoms with Crippen molar-refractivity contribution in [3.05, 3.63) is 12.3 Å². The number of ether oxygens (including phenoxy) is 1. The zero-order chi connectivity index (χ0) is 18.9. The van der Waals surface area contributed by atoms with Gasteiger partial charge in [0.15, 0.2) is 0 Å². The van der Waals surface area contributed by atoms with Gasteiger partial charge in [-0.3, -0.25) is 9.35 Å². The molecule has 12 heteroatoms. The Balaban J connectivity index is 3.11. The van der Waals surface area contributed by atoms with Gasteiger partial charge in [0.1, 0.15) is 0 Å². The minimum Gasteiger partial charge on any atom is -0.513 e. The van der Waals surface area contributed by atoms with Crippen molar-refractivity contribution in [2.24, 2.45) is 11.8 Å². The molecule has 1 saturated carbocycles. The van der Waals surface area contributed by atoms with E-state index in [2.05, 4.69) is 11.3 Å². The van der Waals surface area contributed by atoms with Gasteiger partial charge >= 0.3 is 27.5 Å². The summed E-state index contributed by atoms with van der Waals surface area (Å²) in [5.74, 6) is -4.62. The van der Waals surface area contributed by atoms with Crippen molar-refractivity contribution in [3.63, 3.8) is 0 Å². The van der Waals surface area contributed by atoms with E-state index in [4.69, 9.17) is 4.55 Å². The highest BCUT2D eigenvalue weighted by atomic mass is 32.2. The quantitative estimate of drug-likeness (QED) is 0.328. The molecule has 0 radical (unpaired) electrons. The summed E-state index contributed by atoms with van der Waals surface area (Å²) in [6, 6.07) is 0. The second-order valence-corrected chi connectivity index (χ2v) is 6.88. The van der Waals surface area contributed by atoms with Crippen molar-refractivity contribution in [1.82, 2.24) is 0 Å². The van der Waals surface area contributed by atoms with E-state index in [0.717, 1.165) is 0 Å². The summed E-state index contributed by atoms with van der Waals surface area (Å²) in [5, 5.41) is 3.59. The summed E-state index contributed by atoms with van der Waals surface area (Å²) >= 11 is 0. The molecule has 0 heterocycles. The summed E-state index contributed by atoms with van der Waals surface area (Å²) in [6.45, 7) is 3.17. The Bertz CT molecular complexity index is 600. The number of allylic oxidation sites excluding steroid dienone is 1. The van der Waals surface area contributed by atoms with Gasteiger partial charge in [-0.25, -0.2) is 0 Å². The second-order valence-electron chi connectivity index (χ2n) is 5.38. The number of rotatable bonds is 5. The van der Waals surface area contributed by atoms with E-state index in [1.807, 2.05) is 0 Å². The van der Waals surface area contributed by atoms with Gasteiger partial charge in [-0.05, 0) is 12.8 Å². The van der Waals surface area contributed by atoms with Gasteiger partial charge in [0.2, 0.25) is 0 Å². The molecule has 1 rings (SSSR count). The summed E-state index contributed by atoms with van der Waals surface area (Å²) in [7, 11) is -6.49. The van der Waals surface area contributed by atoms with Crippen LogP contribution in [0.3, 0.4) is 0 Å². The summed E-state index contributed by atoms with van der Waals surface area (Å²) < 4.78 is 98.0. The number of aliphatic hydroxyl groups is 1. The summed E-state index contributed by atoms with van der Waals surface area (Å²) in [6.07, 6.45) is -9.30. The Kier molecular flexibility index (Phi) is 5.86. The van der Waals surface area contributed by atoms with Crippen molar-refractivity contribution in [2.75, 3.05) is 0 Å². The van der Waals surface area contributed by atoms with E-state index in [9.17, 15) is 40.3 Å². The first-order valence-corrected chi connectivity index (χ1v) is 8.13. The largest absolute Gasteiger partial charge is 0.513 e. The predicted molar refractivity (Wildman–Crippen MR) is 69.6 cm³/mol. The highest BCUT2D eigenvalue weighted by molar-refractivity contribution is 7.86. The molecule has 2 N–H and O–H groups in total. The fourth-order valence-electron chi connectivity index (χ4n) is 2.48. The third-order valence-electron chi connectivity index (χ3n) is 3.68. The maximum atomic E-state index is 13.4. The van der Waals surface area contributed by atoms with Crippen molar-refractivity contribution in [2.45, 2.75) is 43.2 Å². The number of halogens is 5. The monoisotopic (exact) mass is 382 g/mol. The number of hydrogen-bond acceptors (Lipinski definition) is 5. The van der Waals surface area contributed by atoms with Gasteiger partial charge in [-0.15, -0.1) is 0 Å². The molecular formula is C12H15F5O6S. The first-order valence-electron chi connectivity index (χ1n) is 6.69. The van der Waals surface area contributed by atoms with Gasteiger partial charge in [0, 0.05) is 5.92 Å². The Labute approximate surface area is 134 Å². The van der Waals surface area contributed by atoms with E-state index >= 15 is 0 Å². The van der Waals surface area contributed by atoms with E-state index in [0.29, 0.717) is 12.8 Å². The maximum Gasteiger partial charge on any atom is 0.432 e. The minimum absolute atomic E-state index is 0.0505. The van der Waals surface area contributed by atoms with Crippen LogP contribution in [-0.2, 0) is 19.6 Å². The molecule has 140 valence electrons. The number of alkyl halides is 5. The van der Waals surface area contributed by atoms with E-state index in [1.54, 1.807) is 0 Å². The Morgan fingerprint density at radius 2 is 1.58 bits per heavy atom. The molecule has 0 saturated heterocycles. The molecule has 0 spiro atoms. The molecule has 0 aliphatic heterocycles. The second kappa shape index (κ2) is 6.82. The SMILES string of the molecule is C=C(O)C1CCCCC1C(=O)OC(C(F)(F)F)C(F)(F)S(=O)(=O)O. The lowest BCUT2D eigenvalue weighted by molar-refractivity contribution is -0.261. The summed E-state index contributed by atoms with van der Waals surface area (Å²) in [5.41, 5.74) is 0. The van der Waals surface area contributed by atoms with Gasteiger partial charge in [-0.2, -0.15) is 30.4 Å². The van der Waals surface area contributed by atoms with E-state index < -0.39 is 51.2 Å². The predicted octanol–water partition coefficient (Wildman–Crippen LogP) is 2.82. The first kappa shape index (κ1) is 20.6. The molecule has 0 amide bonds. The molecule has 24 heavy (non-hydrogen) atoms. The van der Waals surface area contributed by atoms with Crippen LogP contribution in [0.1, 0.15) is 25.7 Å². The van der Waals surface area contributed by atoms with Crippen LogP contribution in [0, 0.1) is 11.8 Å². The van der Waals surface area contributed by atoms with Gasteiger partial charge in [0.25, 0.3) is 6.10 Å². The number of carbonyl (C=O) groups excluding carboxylic acids is 1. The first-order chi connectivity index (χ1) is 10.7. The van der Waals surface area contributed by atoms with Crippen molar-refractivity contribution in [3.8, 4) is 0 Å². The molecule has 0 aromatic heterocycles. The normalized spacial score (nSPS) is 24.2. The molecule has 1 aliphatic carbocycles. The zero-order valence-electron chi connectivity index (χ0n) is 12.1. The molecule has 3 atom stereocenters. The third-order valence-corrected chi connectivity index (χ3v) is 4.58. The van der Waals surface area contributed by atoms with Gasteiger partial charge in [0.05, 0.1) is 11.7 Å². The lowest BCUT2D eigenvalue weighted by Crippen LogP contribution is -2.53. The lowest BCUT2D eigenvalue weighted by Gasteiger charge is -2.32. The molecule has 6 nitrogen and oxygen atoms in total. The molecule has 0 aromatic carbocycles. The topological polar surface area (TPSA) is 101 Å². The molecular weight excluding hydrogens is 367 g/mol. The molecule has 0 aromatic rings. The van der Waals surface area contributed by atoms with Gasteiger partial charge in [-0.1, -0.05) is 19.4 Å². The van der Waals surface area contributed by atoms with Gasteiger partial charge < -0.3 is 9.84 Å². The molecule has 0 bridgehead atoms. The average Bonchev–Trinajstić information content (AvgIpc) is 2.41. The Morgan fingerprint density at radius 3 is 1.96 bits per heavy atom. The van der Waals surface area contributed by atoms with Crippen LogP contribution in [0.5, 0.6) is 0 Å². The van der Waals surface area contributed by atoms with Crippen LogP contribution >= 0.6 is 0 Å². The van der Waals surface area contributed by atoms with Crippen LogP contribution < -0.4 is 0 Å². The van der Waals surface area contributed by atoms with E-state index in [1.165, 1.54) is 0 Å². The zero-order valence-corrected chi connectivity index (χ0v) is 12.9. The Morgan fingerprint density at radius 1 is 1.12 bits per heavy atom. The smallest absolute Gasteiger partial charge is 0.432 e. The highest BCUT2D eigenvalue weighted by Crippen LogP contribution is 2.40. The highest BCUT2D eigenvalue weighted by Gasteiger charge is 2.66. The molecule has 1 fully saturated rings. The number of esters is 1. The maximum absolute atomic E-state index is 13.4. The number of aliphatic hydroxyl groups excluding tert-OH is 1. The van der Waals surface area contributed by atoms with Crippen LogP contribution in [0.2, 0.25) is 0 Å². The van der Waals surface area contributed by atoms with Crippen LogP contribution in [0.25, 0.3) is 0 Å². The summed E-state index contributed by atoms with van der Waals surface area (Å²) in [4.78, 5) is 11.9. The third kappa shape index (κ3) is 4.35. The molecule has 1 aliphatic rings.